The molecule has 0 saturated heterocycles. The molecule has 1 atom stereocenters. The van der Waals surface area contributed by atoms with Gasteiger partial charge in [0.15, 0.2) is 0 Å². The van der Waals surface area contributed by atoms with Gasteiger partial charge in [0.25, 0.3) is 5.06 Å². The molecule has 5 heteroatoms. The van der Waals surface area contributed by atoms with Gasteiger partial charge in [0.2, 0.25) is 0 Å². The summed E-state index contributed by atoms with van der Waals surface area (Å²) in [5, 5.41) is 7.21. The molecular weight excluding hydrogens is 227 g/mol. The lowest BCUT2D eigenvalue weighted by atomic mass is 10.3. The van der Waals surface area contributed by atoms with Crippen LogP contribution in [0.25, 0.3) is 0 Å². The molecule has 1 N–H and O–H groups in total. The van der Waals surface area contributed by atoms with Crippen molar-refractivity contribution in [3.8, 4) is 5.75 Å². The standard InChI is InChI=1S/C9H8Cl2O3/c1-9(11,8(12)13)14-7-5-3-2-4-6(7)10/h2-5H,1H3,(H,12,13). The summed E-state index contributed by atoms with van der Waals surface area (Å²) in [6, 6.07) is 6.52. The van der Waals surface area contributed by atoms with Gasteiger partial charge in [-0.05, 0) is 12.1 Å². The average Bonchev–Trinajstić information content (AvgIpc) is 2.08. The first-order valence-corrected chi connectivity index (χ1v) is 4.55. The molecule has 0 aliphatic rings. The number of carboxylic acid groups (broad SMARTS) is 1. The Morgan fingerprint density at radius 2 is 2.07 bits per heavy atom. The molecule has 1 aromatic rings. The minimum absolute atomic E-state index is 0.245. The molecule has 14 heavy (non-hydrogen) atoms. The second kappa shape index (κ2) is 4.07. The molecule has 1 aromatic carbocycles. The lowest BCUT2D eigenvalue weighted by molar-refractivity contribution is -0.147. The summed E-state index contributed by atoms with van der Waals surface area (Å²) in [5.41, 5.74) is 0. The summed E-state index contributed by atoms with van der Waals surface area (Å²) >= 11 is 11.4. The van der Waals surface area contributed by atoms with Gasteiger partial charge in [0.1, 0.15) is 5.75 Å². The third-order valence-electron chi connectivity index (χ3n) is 1.52. The van der Waals surface area contributed by atoms with Crippen molar-refractivity contribution in [2.75, 3.05) is 0 Å². The van der Waals surface area contributed by atoms with Gasteiger partial charge < -0.3 is 9.84 Å². The van der Waals surface area contributed by atoms with Gasteiger partial charge in [-0.2, -0.15) is 0 Å². The van der Waals surface area contributed by atoms with Crippen LogP contribution >= 0.6 is 23.2 Å². The number of hydrogen-bond acceptors (Lipinski definition) is 2. The van der Waals surface area contributed by atoms with Crippen LogP contribution in [0.15, 0.2) is 24.3 Å². The number of carboxylic acids is 1. The molecule has 76 valence electrons. The number of hydrogen-bond donors (Lipinski definition) is 1. The Morgan fingerprint density at radius 3 is 2.57 bits per heavy atom. The third-order valence-corrected chi connectivity index (χ3v) is 2.07. The number of aliphatic carboxylic acids is 1. The predicted molar refractivity (Wildman–Crippen MR) is 54.0 cm³/mol. The number of benzene rings is 1. The largest absolute Gasteiger partial charge is 0.477 e. The van der Waals surface area contributed by atoms with Crippen LogP contribution in [0.5, 0.6) is 5.75 Å². The van der Waals surface area contributed by atoms with Crippen LogP contribution in [0.3, 0.4) is 0 Å². The van der Waals surface area contributed by atoms with Gasteiger partial charge in [0, 0.05) is 6.92 Å². The first kappa shape index (κ1) is 11.1. The Hall–Kier alpha value is -0.930. The van der Waals surface area contributed by atoms with E-state index in [-0.39, 0.29) is 5.75 Å². The third kappa shape index (κ3) is 2.53. The van der Waals surface area contributed by atoms with Gasteiger partial charge in [0.05, 0.1) is 5.02 Å². The SMILES string of the molecule is CC(Cl)(Oc1ccccc1Cl)C(=O)O. The van der Waals surface area contributed by atoms with Crippen molar-refractivity contribution >= 4 is 29.2 Å². The fraction of sp³-hybridized carbons (Fsp3) is 0.222. The highest BCUT2D eigenvalue weighted by atomic mass is 35.5. The van der Waals surface area contributed by atoms with Crippen molar-refractivity contribution in [1.82, 2.24) is 0 Å². The monoisotopic (exact) mass is 234 g/mol. The number of alkyl halides is 1. The number of rotatable bonds is 3. The van der Waals surface area contributed by atoms with Crippen LogP contribution in [-0.4, -0.2) is 16.1 Å². The van der Waals surface area contributed by atoms with E-state index in [2.05, 4.69) is 0 Å². The summed E-state index contributed by atoms with van der Waals surface area (Å²) in [4.78, 5) is 10.6. The van der Waals surface area contributed by atoms with Crippen molar-refractivity contribution < 1.29 is 14.6 Å². The summed E-state index contributed by atoms with van der Waals surface area (Å²) in [7, 11) is 0. The second-order valence-electron chi connectivity index (χ2n) is 2.75. The van der Waals surface area contributed by atoms with E-state index < -0.39 is 11.0 Å². The second-order valence-corrected chi connectivity index (χ2v) is 3.88. The fourth-order valence-corrected chi connectivity index (χ4v) is 1.04. The smallest absolute Gasteiger partial charge is 0.363 e. The molecule has 0 radical (unpaired) electrons. The van der Waals surface area contributed by atoms with Crippen LogP contribution < -0.4 is 4.74 Å². The summed E-state index contributed by atoms with van der Waals surface area (Å²) in [6.07, 6.45) is 0. The van der Waals surface area contributed by atoms with E-state index in [1.54, 1.807) is 24.3 Å². The van der Waals surface area contributed by atoms with Crippen LogP contribution in [0.4, 0.5) is 0 Å². The Morgan fingerprint density at radius 1 is 1.50 bits per heavy atom. The van der Waals surface area contributed by atoms with E-state index in [1.807, 2.05) is 0 Å². The van der Waals surface area contributed by atoms with E-state index in [4.69, 9.17) is 33.0 Å². The Bertz CT molecular complexity index is 350. The topological polar surface area (TPSA) is 46.5 Å². The molecule has 0 fully saturated rings. The number of halogens is 2. The first-order valence-electron chi connectivity index (χ1n) is 3.79. The van der Waals surface area contributed by atoms with Gasteiger partial charge >= 0.3 is 5.97 Å². The average molecular weight is 235 g/mol. The summed E-state index contributed by atoms with van der Waals surface area (Å²) in [5.74, 6) is -1.02. The Kier molecular flexibility index (Phi) is 3.24. The number of ether oxygens (including phenoxy) is 1. The first-order chi connectivity index (χ1) is 6.43. The highest BCUT2D eigenvalue weighted by molar-refractivity contribution is 6.33. The summed E-state index contributed by atoms with van der Waals surface area (Å²) < 4.78 is 5.03. The molecule has 1 rings (SSSR count). The molecule has 0 amide bonds. The zero-order valence-corrected chi connectivity index (χ0v) is 8.84. The van der Waals surface area contributed by atoms with Crippen LogP contribution in [0.2, 0.25) is 5.02 Å². The van der Waals surface area contributed by atoms with E-state index >= 15 is 0 Å². The quantitative estimate of drug-likeness (QED) is 0.819. The highest BCUT2D eigenvalue weighted by Crippen LogP contribution is 2.29. The van der Waals surface area contributed by atoms with Crippen LogP contribution in [-0.2, 0) is 4.79 Å². The van der Waals surface area contributed by atoms with Gasteiger partial charge in [-0.1, -0.05) is 35.3 Å². The van der Waals surface area contributed by atoms with Crippen molar-refractivity contribution in [1.29, 1.82) is 0 Å². The molecule has 0 aliphatic carbocycles. The zero-order chi connectivity index (χ0) is 10.8. The molecule has 3 nitrogen and oxygen atoms in total. The van der Waals surface area contributed by atoms with Crippen molar-refractivity contribution in [2.45, 2.75) is 12.0 Å². The fourth-order valence-electron chi connectivity index (χ4n) is 0.778. The Balaban J connectivity index is 2.89. The minimum atomic E-state index is -1.80. The molecule has 0 saturated carbocycles. The molecule has 0 spiro atoms. The summed E-state index contributed by atoms with van der Waals surface area (Å²) in [6.45, 7) is 1.24. The number of carbonyl (C=O) groups is 1. The van der Waals surface area contributed by atoms with Crippen molar-refractivity contribution in [3.63, 3.8) is 0 Å². The van der Waals surface area contributed by atoms with E-state index in [0.717, 1.165) is 0 Å². The number of para-hydroxylation sites is 1. The highest BCUT2D eigenvalue weighted by Gasteiger charge is 2.33. The van der Waals surface area contributed by atoms with E-state index in [1.165, 1.54) is 6.92 Å². The minimum Gasteiger partial charge on any atom is -0.477 e. The lowest BCUT2D eigenvalue weighted by Gasteiger charge is -2.19. The molecular formula is C9H8Cl2O3. The molecule has 0 bridgehead atoms. The normalized spacial score (nSPS) is 14.5. The zero-order valence-electron chi connectivity index (χ0n) is 7.33. The van der Waals surface area contributed by atoms with E-state index in [9.17, 15) is 4.79 Å². The van der Waals surface area contributed by atoms with Crippen molar-refractivity contribution in [3.05, 3.63) is 29.3 Å². The maximum absolute atomic E-state index is 10.6. The Labute approximate surface area is 91.2 Å². The molecule has 0 aromatic heterocycles. The van der Waals surface area contributed by atoms with Gasteiger partial charge in [-0.15, -0.1) is 0 Å². The maximum atomic E-state index is 10.6. The van der Waals surface area contributed by atoms with Crippen LogP contribution in [0, 0.1) is 0 Å². The lowest BCUT2D eigenvalue weighted by Crippen LogP contribution is -2.35. The van der Waals surface area contributed by atoms with E-state index in [0.29, 0.717) is 5.02 Å². The molecule has 0 heterocycles. The van der Waals surface area contributed by atoms with Gasteiger partial charge in [-0.25, -0.2) is 4.79 Å². The molecule has 0 aliphatic heterocycles. The van der Waals surface area contributed by atoms with Gasteiger partial charge in [-0.3, -0.25) is 0 Å². The maximum Gasteiger partial charge on any atom is 0.363 e. The van der Waals surface area contributed by atoms with Crippen LogP contribution in [0.1, 0.15) is 6.92 Å². The predicted octanol–water partition coefficient (Wildman–Crippen LogP) is 2.76. The van der Waals surface area contributed by atoms with Crippen molar-refractivity contribution in [2.24, 2.45) is 0 Å². The molecule has 1 unspecified atom stereocenters.